The number of rotatable bonds is 8. The van der Waals surface area contributed by atoms with Crippen molar-refractivity contribution in [1.82, 2.24) is 5.32 Å². The zero-order valence-electron chi connectivity index (χ0n) is 16.7. The molecule has 0 unspecified atom stereocenters. The second-order valence-corrected chi connectivity index (χ2v) is 7.34. The molecule has 1 aliphatic rings. The van der Waals surface area contributed by atoms with Crippen molar-refractivity contribution in [3.05, 3.63) is 95.1 Å². The fourth-order valence-electron chi connectivity index (χ4n) is 3.66. The molecule has 0 spiro atoms. The van der Waals surface area contributed by atoms with Gasteiger partial charge in [-0.05, 0) is 41.3 Å². The van der Waals surface area contributed by atoms with Crippen molar-refractivity contribution in [1.29, 1.82) is 0 Å². The van der Waals surface area contributed by atoms with E-state index in [1.807, 2.05) is 12.1 Å². The van der Waals surface area contributed by atoms with Gasteiger partial charge in [0.2, 0.25) is 0 Å². The van der Waals surface area contributed by atoms with Crippen LogP contribution in [0.15, 0.2) is 72.8 Å². The van der Waals surface area contributed by atoms with Crippen LogP contribution in [0.3, 0.4) is 0 Å². The highest BCUT2D eigenvalue weighted by atomic mass is 16.5. The van der Waals surface area contributed by atoms with Crippen LogP contribution in [0.25, 0.3) is 0 Å². The largest absolute Gasteiger partial charge is 0.483 e. The molecule has 1 aliphatic heterocycles. The molecular formula is C25H24N2O3. The summed E-state index contributed by atoms with van der Waals surface area (Å²) in [5, 5.41) is 2.85. The summed E-state index contributed by atoms with van der Waals surface area (Å²) in [5.41, 5.74) is 5.44. The zero-order chi connectivity index (χ0) is 20.8. The van der Waals surface area contributed by atoms with Crippen molar-refractivity contribution in [2.24, 2.45) is 0 Å². The Hall–Kier alpha value is -3.60. The lowest BCUT2D eigenvalue weighted by Crippen LogP contribution is -2.28. The minimum absolute atomic E-state index is 0.128. The lowest BCUT2D eigenvalue weighted by atomic mass is 10.1. The first kappa shape index (κ1) is 19.7. The molecule has 0 fully saturated rings. The Morgan fingerprint density at radius 1 is 0.967 bits per heavy atom. The van der Waals surface area contributed by atoms with Crippen molar-refractivity contribution in [3.63, 3.8) is 0 Å². The average Bonchev–Trinajstić information content (AvgIpc) is 3.20. The van der Waals surface area contributed by atoms with Crippen LogP contribution in [0.4, 0.5) is 5.69 Å². The van der Waals surface area contributed by atoms with Crippen LogP contribution in [0, 0.1) is 0 Å². The van der Waals surface area contributed by atoms with Crippen LogP contribution < -0.4 is 15.0 Å². The number of carbonyl (C=O) groups is 2. The maximum absolute atomic E-state index is 12.1. The van der Waals surface area contributed by atoms with Gasteiger partial charge in [0.1, 0.15) is 5.75 Å². The third-order valence-electron chi connectivity index (χ3n) is 5.27. The lowest BCUT2D eigenvalue weighted by Gasteiger charge is -2.19. The van der Waals surface area contributed by atoms with Crippen LogP contribution in [0.1, 0.15) is 27.0 Å². The van der Waals surface area contributed by atoms with Crippen LogP contribution in [-0.2, 0) is 24.3 Å². The summed E-state index contributed by atoms with van der Waals surface area (Å²) in [6.07, 6.45) is 1.81. The van der Waals surface area contributed by atoms with Gasteiger partial charge in [-0.3, -0.25) is 9.59 Å². The maximum Gasteiger partial charge on any atom is 0.258 e. The molecule has 0 radical (unpaired) electrons. The number of amides is 1. The van der Waals surface area contributed by atoms with Gasteiger partial charge in [0.15, 0.2) is 12.9 Å². The molecule has 0 aromatic heterocycles. The number of hydrogen-bond donors (Lipinski definition) is 1. The number of carbonyl (C=O) groups excluding carboxylic acids is 2. The smallest absolute Gasteiger partial charge is 0.258 e. The molecule has 0 aliphatic carbocycles. The molecule has 1 heterocycles. The molecule has 0 saturated carbocycles. The van der Waals surface area contributed by atoms with Crippen LogP contribution in [0.2, 0.25) is 0 Å². The molecule has 5 heteroatoms. The van der Waals surface area contributed by atoms with Crippen molar-refractivity contribution in [3.8, 4) is 5.75 Å². The summed E-state index contributed by atoms with van der Waals surface area (Å²) >= 11 is 0. The van der Waals surface area contributed by atoms with Gasteiger partial charge in [-0.2, -0.15) is 0 Å². The molecular weight excluding hydrogens is 376 g/mol. The number of benzene rings is 3. The molecule has 1 N–H and O–H groups in total. The van der Waals surface area contributed by atoms with E-state index in [0.717, 1.165) is 31.4 Å². The average molecular weight is 400 g/mol. The lowest BCUT2D eigenvalue weighted by molar-refractivity contribution is -0.123. The summed E-state index contributed by atoms with van der Waals surface area (Å²) < 4.78 is 5.45. The minimum Gasteiger partial charge on any atom is -0.483 e. The summed E-state index contributed by atoms with van der Waals surface area (Å²) in [5.74, 6) is 0.184. The fourth-order valence-corrected chi connectivity index (χ4v) is 3.66. The van der Waals surface area contributed by atoms with E-state index in [4.69, 9.17) is 4.74 Å². The van der Waals surface area contributed by atoms with Crippen molar-refractivity contribution in [2.75, 3.05) is 18.1 Å². The monoisotopic (exact) mass is 400 g/mol. The highest BCUT2D eigenvalue weighted by Crippen LogP contribution is 2.28. The number of ether oxygens (including phenoxy) is 1. The van der Waals surface area contributed by atoms with Crippen molar-refractivity contribution >= 4 is 17.9 Å². The van der Waals surface area contributed by atoms with E-state index in [9.17, 15) is 9.59 Å². The van der Waals surface area contributed by atoms with Gasteiger partial charge in [0.05, 0.1) is 5.56 Å². The molecule has 4 rings (SSSR count). The predicted octanol–water partition coefficient (Wildman–Crippen LogP) is 3.76. The highest BCUT2D eigenvalue weighted by molar-refractivity contribution is 5.80. The summed E-state index contributed by atoms with van der Waals surface area (Å²) in [4.78, 5) is 25.5. The SMILES string of the molecule is O=Cc1ccccc1OCC(=O)NCc1ccc(CN2CCc3ccccc32)cc1. The molecule has 152 valence electrons. The Kier molecular flexibility index (Phi) is 6.09. The first-order chi connectivity index (χ1) is 14.7. The molecule has 3 aromatic carbocycles. The van der Waals surface area contributed by atoms with Crippen molar-refractivity contribution < 1.29 is 14.3 Å². The normalized spacial score (nSPS) is 12.3. The van der Waals surface area contributed by atoms with Gasteiger partial charge in [0.25, 0.3) is 5.91 Å². The number of para-hydroxylation sites is 2. The number of nitrogens with zero attached hydrogens (tertiary/aromatic N) is 1. The number of aldehydes is 1. The number of nitrogens with one attached hydrogen (secondary N) is 1. The predicted molar refractivity (Wildman–Crippen MR) is 117 cm³/mol. The Morgan fingerprint density at radius 3 is 2.53 bits per heavy atom. The fraction of sp³-hybridized carbons (Fsp3) is 0.200. The summed E-state index contributed by atoms with van der Waals surface area (Å²) in [6, 6.07) is 23.7. The topological polar surface area (TPSA) is 58.6 Å². The Bertz CT molecular complexity index is 1030. The van der Waals surface area contributed by atoms with E-state index in [1.54, 1.807) is 24.3 Å². The molecule has 0 bridgehead atoms. The van der Waals surface area contributed by atoms with Gasteiger partial charge >= 0.3 is 0 Å². The zero-order valence-corrected chi connectivity index (χ0v) is 16.7. The summed E-state index contributed by atoms with van der Waals surface area (Å²) in [7, 11) is 0. The summed E-state index contributed by atoms with van der Waals surface area (Å²) in [6.45, 7) is 2.24. The Morgan fingerprint density at radius 2 is 1.70 bits per heavy atom. The van der Waals surface area contributed by atoms with E-state index in [-0.39, 0.29) is 12.5 Å². The van der Waals surface area contributed by atoms with Gasteiger partial charge in [-0.15, -0.1) is 0 Å². The Balaban J connectivity index is 1.26. The standard InChI is InChI=1S/C25H24N2O3/c28-17-22-6-2-4-8-24(22)30-18-25(29)26-15-19-9-11-20(12-10-19)16-27-14-13-21-5-1-3-7-23(21)27/h1-12,17H,13-16,18H2,(H,26,29). The maximum atomic E-state index is 12.1. The van der Waals surface area contributed by atoms with E-state index in [0.29, 0.717) is 17.9 Å². The quantitative estimate of drug-likeness (QED) is 0.585. The highest BCUT2D eigenvalue weighted by Gasteiger charge is 2.18. The van der Waals surface area contributed by atoms with Gasteiger partial charge in [-0.1, -0.05) is 54.6 Å². The van der Waals surface area contributed by atoms with Gasteiger partial charge < -0.3 is 15.0 Å². The third-order valence-corrected chi connectivity index (χ3v) is 5.27. The van der Waals surface area contributed by atoms with Crippen molar-refractivity contribution in [2.45, 2.75) is 19.5 Å². The molecule has 5 nitrogen and oxygen atoms in total. The molecule has 3 aromatic rings. The van der Waals surface area contributed by atoms with Crippen LogP contribution >= 0.6 is 0 Å². The second kappa shape index (κ2) is 9.27. The number of fused-ring (bicyclic) bond motifs is 1. The van der Waals surface area contributed by atoms with Gasteiger partial charge in [-0.25, -0.2) is 0 Å². The molecule has 0 atom stereocenters. The van der Waals surface area contributed by atoms with E-state index < -0.39 is 0 Å². The van der Waals surface area contributed by atoms with Crippen LogP contribution in [-0.4, -0.2) is 25.3 Å². The molecule has 0 saturated heterocycles. The van der Waals surface area contributed by atoms with Gasteiger partial charge in [0, 0.05) is 25.3 Å². The second-order valence-electron chi connectivity index (χ2n) is 7.34. The third kappa shape index (κ3) is 4.69. The number of hydrogen-bond acceptors (Lipinski definition) is 4. The first-order valence-corrected chi connectivity index (χ1v) is 10.1. The van der Waals surface area contributed by atoms with E-state index in [1.165, 1.54) is 16.8 Å². The van der Waals surface area contributed by atoms with Crippen LogP contribution in [0.5, 0.6) is 5.75 Å². The Labute approximate surface area is 176 Å². The molecule has 1 amide bonds. The van der Waals surface area contributed by atoms with E-state index >= 15 is 0 Å². The number of anilines is 1. The first-order valence-electron chi connectivity index (χ1n) is 10.1. The van der Waals surface area contributed by atoms with E-state index in [2.05, 4.69) is 46.6 Å². The minimum atomic E-state index is -0.228. The molecule has 30 heavy (non-hydrogen) atoms.